The van der Waals surface area contributed by atoms with Crippen LogP contribution in [0.2, 0.25) is 0 Å². The molecule has 0 spiro atoms. The first-order valence-corrected chi connectivity index (χ1v) is 7.55. The summed E-state index contributed by atoms with van der Waals surface area (Å²) in [6.07, 6.45) is 3.28. The normalized spacial score (nSPS) is 21.7. The molecule has 1 atom stereocenters. The van der Waals surface area contributed by atoms with Gasteiger partial charge in [0.25, 0.3) is 5.91 Å². The molecule has 1 N–H and O–H groups in total. The topological polar surface area (TPSA) is 88.1 Å². The van der Waals surface area contributed by atoms with Crippen molar-refractivity contribution >= 4 is 29.7 Å². The molecular weight excluding hydrogens is 298 g/mol. The third kappa shape index (κ3) is 3.08. The molecule has 2 fully saturated rings. The molecule has 1 saturated heterocycles. The zero-order chi connectivity index (χ0) is 16.4. The molecule has 120 valence electrons. The van der Waals surface area contributed by atoms with Crippen molar-refractivity contribution < 1.29 is 19.1 Å². The lowest BCUT2D eigenvalue weighted by molar-refractivity contribution is -0.131. The van der Waals surface area contributed by atoms with Gasteiger partial charge in [-0.05, 0) is 31.9 Å². The van der Waals surface area contributed by atoms with Gasteiger partial charge in [0.15, 0.2) is 5.92 Å². The number of amides is 4. The van der Waals surface area contributed by atoms with Crippen LogP contribution in [0.1, 0.15) is 19.8 Å². The summed E-state index contributed by atoms with van der Waals surface area (Å²) >= 11 is 0. The number of hydrogen-bond donors (Lipinski definition) is 1. The van der Waals surface area contributed by atoms with Crippen LogP contribution in [-0.4, -0.2) is 36.7 Å². The minimum Gasteiger partial charge on any atom is -0.492 e. The molecule has 1 aromatic rings. The van der Waals surface area contributed by atoms with Crippen LogP contribution in [-0.2, 0) is 9.59 Å². The number of hydrogen-bond acceptors (Lipinski definition) is 5. The zero-order valence-corrected chi connectivity index (χ0v) is 12.7. The first-order chi connectivity index (χ1) is 11.1. The molecule has 1 saturated carbocycles. The minimum absolute atomic E-state index is 0.192. The molecule has 3 rings (SSSR count). The predicted molar refractivity (Wildman–Crippen MR) is 83.6 cm³/mol. The minimum atomic E-state index is -1.09. The van der Waals surface area contributed by atoms with E-state index in [0.717, 1.165) is 17.7 Å². The molecule has 1 heterocycles. The molecule has 0 aromatic heterocycles. The molecule has 2 aliphatic rings. The summed E-state index contributed by atoms with van der Waals surface area (Å²) in [6, 6.07) is 6.14. The fraction of sp³-hybridized carbons (Fsp3) is 0.375. The highest BCUT2D eigenvalue weighted by Gasteiger charge is 2.41. The van der Waals surface area contributed by atoms with Crippen molar-refractivity contribution in [2.45, 2.75) is 25.8 Å². The van der Waals surface area contributed by atoms with Gasteiger partial charge in [-0.25, -0.2) is 9.69 Å². The predicted octanol–water partition coefficient (Wildman–Crippen LogP) is 1.52. The molecule has 4 amide bonds. The maximum absolute atomic E-state index is 12.6. The summed E-state index contributed by atoms with van der Waals surface area (Å²) in [5, 5.41) is 2.20. The lowest BCUT2D eigenvalue weighted by Gasteiger charge is -2.29. The Bertz CT molecular complexity index is 682. The number of carbonyl (C=O) groups is 3. The number of benzene rings is 1. The van der Waals surface area contributed by atoms with Crippen molar-refractivity contribution in [1.29, 1.82) is 0 Å². The Kier molecular flexibility index (Phi) is 4.10. The summed E-state index contributed by atoms with van der Waals surface area (Å²) in [6.45, 7) is 2.20. The highest BCUT2D eigenvalue weighted by atomic mass is 16.5. The fourth-order valence-electron chi connectivity index (χ4n) is 2.30. The maximum atomic E-state index is 12.6. The molecular formula is C16H17N3O4. The molecule has 0 unspecified atom stereocenters. The monoisotopic (exact) mass is 315 g/mol. The van der Waals surface area contributed by atoms with Crippen LogP contribution in [0.15, 0.2) is 29.3 Å². The van der Waals surface area contributed by atoms with E-state index < -0.39 is 23.8 Å². The number of barbiturate groups is 1. The second-order valence-electron chi connectivity index (χ2n) is 5.38. The number of rotatable bonds is 5. The number of anilines is 1. The van der Waals surface area contributed by atoms with Crippen molar-refractivity contribution in [2.24, 2.45) is 10.9 Å². The van der Waals surface area contributed by atoms with E-state index >= 15 is 0 Å². The van der Waals surface area contributed by atoms with Crippen molar-refractivity contribution in [1.82, 2.24) is 5.32 Å². The third-order valence-electron chi connectivity index (χ3n) is 3.60. The molecule has 7 nitrogen and oxygen atoms in total. The fourth-order valence-corrected chi connectivity index (χ4v) is 2.30. The highest BCUT2D eigenvalue weighted by Crippen LogP contribution is 2.31. The maximum Gasteiger partial charge on any atom is 0.335 e. The zero-order valence-electron chi connectivity index (χ0n) is 12.7. The van der Waals surface area contributed by atoms with Gasteiger partial charge < -0.3 is 4.74 Å². The lowest BCUT2D eigenvalue weighted by Crippen LogP contribution is -2.58. The molecule has 1 aromatic carbocycles. The Morgan fingerprint density at radius 3 is 2.74 bits per heavy atom. The van der Waals surface area contributed by atoms with Crippen molar-refractivity contribution in [2.75, 3.05) is 11.5 Å². The van der Waals surface area contributed by atoms with E-state index in [-0.39, 0.29) is 6.04 Å². The summed E-state index contributed by atoms with van der Waals surface area (Å²) in [4.78, 5) is 41.8. The number of urea groups is 1. The number of nitrogens with zero attached hydrogens (tertiary/aromatic N) is 2. The van der Waals surface area contributed by atoms with E-state index in [0.29, 0.717) is 18.0 Å². The van der Waals surface area contributed by atoms with Gasteiger partial charge in [0.2, 0.25) is 5.91 Å². The Balaban J connectivity index is 1.92. The van der Waals surface area contributed by atoms with Gasteiger partial charge in [-0.3, -0.25) is 19.9 Å². The number of carbonyl (C=O) groups excluding carboxylic acids is 3. The van der Waals surface area contributed by atoms with Crippen molar-refractivity contribution in [3.8, 4) is 5.75 Å². The van der Waals surface area contributed by atoms with E-state index in [4.69, 9.17) is 4.74 Å². The number of ether oxygens (including phenoxy) is 1. The average Bonchev–Trinajstić information content (AvgIpc) is 3.33. The molecule has 7 heteroatoms. The quantitative estimate of drug-likeness (QED) is 0.659. The number of para-hydroxylation sites is 2. The van der Waals surface area contributed by atoms with E-state index in [1.165, 1.54) is 6.21 Å². The first-order valence-electron chi connectivity index (χ1n) is 7.55. The first kappa shape index (κ1) is 15.2. The van der Waals surface area contributed by atoms with Gasteiger partial charge in [0, 0.05) is 12.3 Å². The van der Waals surface area contributed by atoms with Gasteiger partial charge >= 0.3 is 6.03 Å². The van der Waals surface area contributed by atoms with Crippen LogP contribution < -0.4 is 15.0 Å². The lowest BCUT2D eigenvalue weighted by atomic mass is 10.1. The van der Waals surface area contributed by atoms with Gasteiger partial charge in [0.1, 0.15) is 5.75 Å². The molecule has 1 aliphatic carbocycles. The van der Waals surface area contributed by atoms with Gasteiger partial charge in [0.05, 0.1) is 12.3 Å². The number of nitrogens with one attached hydrogen (secondary N) is 1. The van der Waals surface area contributed by atoms with Crippen LogP contribution in [0, 0.1) is 5.92 Å². The highest BCUT2D eigenvalue weighted by molar-refractivity contribution is 6.32. The largest absolute Gasteiger partial charge is 0.492 e. The van der Waals surface area contributed by atoms with Crippen molar-refractivity contribution in [3.05, 3.63) is 24.3 Å². The number of imide groups is 2. The van der Waals surface area contributed by atoms with Crippen LogP contribution in [0.4, 0.5) is 10.5 Å². The Labute approximate surface area is 133 Å². The smallest absolute Gasteiger partial charge is 0.335 e. The SMILES string of the molecule is CCOc1ccccc1N1C(=O)NC(=O)[C@H](C=NC2CC2)C1=O. The van der Waals surface area contributed by atoms with E-state index in [1.54, 1.807) is 24.3 Å². The van der Waals surface area contributed by atoms with Gasteiger partial charge in [-0.2, -0.15) is 0 Å². The van der Waals surface area contributed by atoms with Crippen LogP contribution >= 0.6 is 0 Å². The Hall–Kier alpha value is -2.70. The van der Waals surface area contributed by atoms with Crippen molar-refractivity contribution in [3.63, 3.8) is 0 Å². The summed E-state index contributed by atoms with van der Waals surface area (Å²) in [5.74, 6) is -1.95. The van der Waals surface area contributed by atoms with Crippen LogP contribution in [0.3, 0.4) is 0 Å². The van der Waals surface area contributed by atoms with E-state index in [1.807, 2.05) is 6.92 Å². The Morgan fingerprint density at radius 2 is 2.04 bits per heavy atom. The second kappa shape index (κ2) is 6.20. The Morgan fingerprint density at radius 1 is 1.30 bits per heavy atom. The molecule has 1 aliphatic heterocycles. The molecule has 23 heavy (non-hydrogen) atoms. The third-order valence-corrected chi connectivity index (χ3v) is 3.60. The van der Waals surface area contributed by atoms with Crippen LogP contribution in [0.25, 0.3) is 0 Å². The van der Waals surface area contributed by atoms with Gasteiger partial charge in [-0.15, -0.1) is 0 Å². The van der Waals surface area contributed by atoms with E-state index in [2.05, 4.69) is 10.3 Å². The summed E-state index contributed by atoms with van der Waals surface area (Å²) < 4.78 is 5.46. The van der Waals surface area contributed by atoms with Crippen LogP contribution in [0.5, 0.6) is 5.75 Å². The number of aliphatic imine (C=N–C) groups is 1. The summed E-state index contributed by atoms with van der Waals surface area (Å²) in [5.41, 5.74) is 0.314. The molecule has 0 bridgehead atoms. The average molecular weight is 315 g/mol. The standard InChI is InChI=1S/C16H17N3O4/c1-2-23-13-6-4-3-5-12(13)19-15(21)11(9-17-10-7-8-10)14(20)18-16(19)22/h3-6,9-11H,2,7-8H2,1H3,(H,18,20,22)/t11-/m0/s1. The second-order valence-corrected chi connectivity index (χ2v) is 5.38. The van der Waals surface area contributed by atoms with Gasteiger partial charge in [-0.1, -0.05) is 12.1 Å². The summed E-state index contributed by atoms with van der Waals surface area (Å²) in [7, 11) is 0. The van der Waals surface area contributed by atoms with E-state index in [9.17, 15) is 14.4 Å². The molecule has 0 radical (unpaired) electrons.